The molecule has 0 aliphatic carbocycles. The fourth-order valence-corrected chi connectivity index (χ4v) is 1.50. The Hall–Kier alpha value is -1.65. The molecule has 17 heavy (non-hydrogen) atoms. The second-order valence-electron chi connectivity index (χ2n) is 3.41. The van der Waals surface area contributed by atoms with Crippen LogP contribution < -0.4 is 0 Å². The third kappa shape index (κ3) is 3.15. The monoisotopic (exact) mass is 249 g/mol. The van der Waals surface area contributed by atoms with E-state index in [2.05, 4.69) is 9.98 Å². The van der Waals surface area contributed by atoms with Crippen LogP contribution >= 0.6 is 11.6 Å². The third-order valence-electron chi connectivity index (χ3n) is 2.16. The Morgan fingerprint density at radius 3 is 2.76 bits per heavy atom. The number of halogens is 1. The van der Waals surface area contributed by atoms with Crippen molar-refractivity contribution in [3.8, 4) is 0 Å². The third-order valence-corrected chi connectivity index (χ3v) is 2.41. The first-order valence-corrected chi connectivity index (χ1v) is 5.48. The van der Waals surface area contributed by atoms with E-state index in [0.717, 1.165) is 11.5 Å². The Balaban J connectivity index is 2.29. The van der Waals surface area contributed by atoms with Gasteiger partial charge in [-0.05, 0) is 24.3 Å². The van der Waals surface area contributed by atoms with Crippen molar-refractivity contribution in [2.75, 3.05) is 13.7 Å². The van der Waals surface area contributed by atoms with E-state index in [1.807, 2.05) is 22.9 Å². The molecule has 0 atom stereocenters. The lowest BCUT2D eigenvalue weighted by atomic mass is 10.3. The van der Waals surface area contributed by atoms with Crippen molar-refractivity contribution >= 4 is 23.1 Å². The highest BCUT2D eigenvalue weighted by atomic mass is 35.5. The molecule has 0 radical (unpaired) electrons. The van der Waals surface area contributed by atoms with E-state index >= 15 is 0 Å². The molecule has 88 valence electrons. The van der Waals surface area contributed by atoms with E-state index in [-0.39, 0.29) is 0 Å². The van der Waals surface area contributed by atoms with Gasteiger partial charge in [-0.25, -0.2) is 9.98 Å². The maximum Gasteiger partial charge on any atom is 0.140 e. The molecule has 0 aliphatic heterocycles. The quantitative estimate of drug-likeness (QED) is 0.620. The van der Waals surface area contributed by atoms with Crippen molar-refractivity contribution in [2.24, 2.45) is 4.99 Å². The number of aromatic nitrogens is 2. The molecule has 1 aromatic carbocycles. The Bertz CT molecular complexity index is 491. The second-order valence-corrected chi connectivity index (χ2v) is 3.84. The van der Waals surface area contributed by atoms with Crippen molar-refractivity contribution in [3.63, 3.8) is 0 Å². The molecule has 2 aromatic rings. The van der Waals surface area contributed by atoms with Crippen LogP contribution in [0.1, 0.15) is 0 Å². The van der Waals surface area contributed by atoms with Gasteiger partial charge in [-0.2, -0.15) is 0 Å². The number of imidazole rings is 1. The maximum absolute atomic E-state index is 5.82. The molecule has 0 fully saturated rings. The predicted molar refractivity (Wildman–Crippen MR) is 68.0 cm³/mol. The normalized spacial score (nSPS) is 11.8. The molecule has 0 amide bonds. The molecule has 0 spiro atoms. The number of ether oxygens (including phenoxy) is 1. The van der Waals surface area contributed by atoms with Gasteiger partial charge in [0.1, 0.15) is 18.8 Å². The van der Waals surface area contributed by atoms with Gasteiger partial charge in [0.05, 0.1) is 5.69 Å². The van der Waals surface area contributed by atoms with Gasteiger partial charge in [0.15, 0.2) is 0 Å². The molecule has 0 saturated carbocycles. The SMILES string of the molecule is COCC(=Nc1ccc(Cl)cc1)n1ccnc1. The van der Waals surface area contributed by atoms with Crippen LogP contribution in [0.4, 0.5) is 5.69 Å². The van der Waals surface area contributed by atoms with E-state index in [4.69, 9.17) is 16.3 Å². The summed E-state index contributed by atoms with van der Waals surface area (Å²) in [6.45, 7) is 0.416. The predicted octanol–water partition coefficient (Wildman–Crippen LogP) is 2.76. The van der Waals surface area contributed by atoms with Crippen LogP contribution in [0.15, 0.2) is 48.0 Å². The molecule has 0 saturated heterocycles. The summed E-state index contributed by atoms with van der Waals surface area (Å²) in [7, 11) is 1.63. The summed E-state index contributed by atoms with van der Waals surface area (Å²) in [5.41, 5.74) is 0.829. The molecule has 2 rings (SSSR count). The Kier molecular flexibility index (Phi) is 3.90. The summed E-state index contributed by atoms with van der Waals surface area (Å²) in [6, 6.07) is 7.32. The van der Waals surface area contributed by atoms with Gasteiger partial charge in [-0.15, -0.1) is 0 Å². The highest BCUT2D eigenvalue weighted by Crippen LogP contribution is 2.16. The Labute approximate surface area is 105 Å². The fourth-order valence-electron chi connectivity index (χ4n) is 1.37. The molecule has 0 bridgehead atoms. The van der Waals surface area contributed by atoms with Crippen molar-refractivity contribution in [1.29, 1.82) is 0 Å². The van der Waals surface area contributed by atoms with E-state index in [9.17, 15) is 0 Å². The van der Waals surface area contributed by atoms with E-state index in [0.29, 0.717) is 11.6 Å². The largest absolute Gasteiger partial charge is 0.377 e. The summed E-state index contributed by atoms with van der Waals surface area (Å²) in [5.74, 6) is 0.771. The molecule has 1 heterocycles. The van der Waals surface area contributed by atoms with Crippen molar-refractivity contribution < 1.29 is 4.74 Å². The summed E-state index contributed by atoms with van der Waals surface area (Å²) < 4.78 is 6.94. The van der Waals surface area contributed by atoms with Crippen molar-refractivity contribution in [2.45, 2.75) is 0 Å². The number of hydrogen-bond acceptors (Lipinski definition) is 3. The molecule has 0 aliphatic rings. The molecule has 1 aromatic heterocycles. The molecular weight excluding hydrogens is 238 g/mol. The zero-order valence-electron chi connectivity index (χ0n) is 9.38. The van der Waals surface area contributed by atoms with Crippen molar-refractivity contribution in [3.05, 3.63) is 48.0 Å². The molecular formula is C12H12ClN3O. The summed E-state index contributed by atoms with van der Waals surface area (Å²) in [5, 5.41) is 0.694. The van der Waals surface area contributed by atoms with Crippen LogP contribution in [-0.4, -0.2) is 29.1 Å². The summed E-state index contributed by atoms with van der Waals surface area (Å²) in [6.07, 6.45) is 5.22. The minimum absolute atomic E-state index is 0.416. The lowest BCUT2D eigenvalue weighted by Crippen LogP contribution is -2.15. The van der Waals surface area contributed by atoms with Gasteiger partial charge in [0.25, 0.3) is 0 Å². The highest BCUT2D eigenvalue weighted by Gasteiger charge is 2.01. The van der Waals surface area contributed by atoms with Crippen LogP contribution in [0.25, 0.3) is 0 Å². The first-order chi connectivity index (χ1) is 8.29. The van der Waals surface area contributed by atoms with Gasteiger partial charge in [0.2, 0.25) is 0 Å². The minimum atomic E-state index is 0.416. The zero-order chi connectivity index (χ0) is 12.1. The average molecular weight is 250 g/mol. The Morgan fingerprint density at radius 2 is 2.18 bits per heavy atom. The number of rotatable bonds is 3. The van der Waals surface area contributed by atoms with Crippen LogP contribution in [0, 0.1) is 0 Å². The lowest BCUT2D eigenvalue weighted by Gasteiger charge is -2.06. The first kappa shape index (κ1) is 11.8. The lowest BCUT2D eigenvalue weighted by molar-refractivity contribution is 0.243. The second kappa shape index (κ2) is 5.61. The van der Waals surface area contributed by atoms with Gasteiger partial charge in [-0.1, -0.05) is 11.6 Å². The zero-order valence-corrected chi connectivity index (χ0v) is 10.1. The van der Waals surface area contributed by atoms with E-state index < -0.39 is 0 Å². The highest BCUT2D eigenvalue weighted by molar-refractivity contribution is 6.30. The van der Waals surface area contributed by atoms with E-state index in [1.165, 1.54) is 0 Å². The summed E-state index contributed by atoms with van der Waals surface area (Å²) >= 11 is 5.82. The maximum atomic E-state index is 5.82. The van der Waals surface area contributed by atoms with Gasteiger partial charge < -0.3 is 4.74 Å². The van der Waals surface area contributed by atoms with Crippen LogP contribution in [0.5, 0.6) is 0 Å². The van der Waals surface area contributed by atoms with Gasteiger partial charge in [0, 0.05) is 24.5 Å². The topological polar surface area (TPSA) is 39.4 Å². The van der Waals surface area contributed by atoms with Crippen LogP contribution in [0.3, 0.4) is 0 Å². The van der Waals surface area contributed by atoms with Crippen LogP contribution in [0.2, 0.25) is 5.02 Å². The molecule has 0 N–H and O–H groups in total. The first-order valence-electron chi connectivity index (χ1n) is 5.10. The number of nitrogens with zero attached hydrogens (tertiary/aromatic N) is 3. The molecule has 5 heteroatoms. The molecule has 4 nitrogen and oxygen atoms in total. The van der Waals surface area contributed by atoms with Gasteiger partial charge in [-0.3, -0.25) is 4.57 Å². The Morgan fingerprint density at radius 1 is 1.41 bits per heavy atom. The van der Waals surface area contributed by atoms with E-state index in [1.54, 1.807) is 31.8 Å². The average Bonchev–Trinajstić information content (AvgIpc) is 2.85. The number of benzene rings is 1. The smallest absolute Gasteiger partial charge is 0.140 e. The van der Waals surface area contributed by atoms with Crippen molar-refractivity contribution in [1.82, 2.24) is 9.55 Å². The number of hydrogen-bond donors (Lipinski definition) is 0. The molecule has 0 unspecified atom stereocenters. The van der Waals surface area contributed by atoms with Crippen LogP contribution in [-0.2, 0) is 4.74 Å². The van der Waals surface area contributed by atoms with Gasteiger partial charge >= 0.3 is 0 Å². The number of aliphatic imine (C=N–C) groups is 1. The summed E-state index contributed by atoms with van der Waals surface area (Å²) in [4.78, 5) is 8.47. The minimum Gasteiger partial charge on any atom is -0.377 e. The number of methoxy groups -OCH3 is 1. The fraction of sp³-hybridized carbons (Fsp3) is 0.167. The standard InChI is InChI=1S/C12H12ClN3O/c1-17-8-12(16-7-6-14-9-16)15-11-4-2-10(13)3-5-11/h2-7,9H,8H2,1H3.